The maximum Gasteiger partial charge on any atom is 0.158 e. The van der Waals surface area contributed by atoms with Gasteiger partial charge in [-0.15, -0.1) is 0 Å². The van der Waals surface area contributed by atoms with Crippen molar-refractivity contribution in [2.45, 2.75) is 13.0 Å². The highest BCUT2D eigenvalue weighted by atomic mass is 16.5. The summed E-state index contributed by atoms with van der Waals surface area (Å²) in [5.74, 6) is 2.44. The third kappa shape index (κ3) is 4.52. The van der Waals surface area contributed by atoms with Gasteiger partial charge in [-0.25, -0.2) is 9.97 Å². The van der Waals surface area contributed by atoms with Gasteiger partial charge in [0.15, 0.2) is 5.82 Å². The SMILES string of the molecule is CNc1cc(N2CCCN(CCO)CC2)nc(COC)n1. The smallest absolute Gasteiger partial charge is 0.158 e. The van der Waals surface area contributed by atoms with E-state index in [1.165, 1.54) is 0 Å². The van der Waals surface area contributed by atoms with Crippen LogP contribution in [0.25, 0.3) is 0 Å². The molecule has 0 unspecified atom stereocenters. The van der Waals surface area contributed by atoms with Crippen molar-refractivity contribution in [3.8, 4) is 0 Å². The molecule has 2 N–H and O–H groups in total. The Labute approximate surface area is 125 Å². The van der Waals surface area contributed by atoms with E-state index in [0.717, 1.165) is 50.8 Å². The molecule has 1 aliphatic heterocycles. The van der Waals surface area contributed by atoms with Crippen molar-refractivity contribution < 1.29 is 9.84 Å². The van der Waals surface area contributed by atoms with E-state index >= 15 is 0 Å². The van der Waals surface area contributed by atoms with Crippen LogP contribution in [0.3, 0.4) is 0 Å². The lowest BCUT2D eigenvalue weighted by Crippen LogP contribution is -2.33. The normalized spacial score (nSPS) is 16.8. The molecule has 118 valence electrons. The molecule has 21 heavy (non-hydrogen) atoms. The van der Waals surface area contributed by atoms with Crippen molar-refractivity contribution in [3.63, 3.8) is 0 Å². The van der Waals surface area contributed by atoms with E-state index in [2.05, 4.69) is 25.1 Å². The molecule has 0 aliphatic carbocycles. The number of rotatable bonds is 6. The predicted octanol–water partition coefficient (Wildman–Crippen LogP) is 0.169. The van der Waals surface area contributed by atoms with Gasteiger partial charge in [-0.2, -0.15) is 0 Å². The Kier molecular flexibility index (Phi) is 6.16. The molecule has 7 nitrogen and oxygen atoms in total. The van der Waals surface area contributed by atoms with Crippen LogP contribution in [-0.4, -0.2) is 73.5 Å². The van der Waals surface area contributed by atoms with E-state index in [9.17, 15) is 0 Å². The van der Waals surface area contributed by atoms with Crippen LogP contribution < -0.4 is 10.2 Å². The van der Waals surface area contributed by atoms with E-state index in [1.54, 1.807) is 7.11 Å². The molecule has 1 aromatic heterocycles. The molecule has 2 heterocycles. The number of anilines is 2. The molecule has 1 fully saturated rings. The van der Waals surface area contributed by atoms with Crippen LogP contribution in [0.4, 0.5) is 11.6 Å². The summed E-state index contributed by atoms with van der Waals surface area (Å²) in [6, 6.07) is 1.97. The number of aliphatic hydroxyl groups excluding tert-OH is 1. The molecule has 0 spiro atoms. The van der Waals surface area contributed by atoms with E-state index in [1.807, 2.05) is 13.1 Å². The van der Waals surface area contributed by atoms with Crippen molar-refractivity contribution in [1.29, 1.82) is 0 Å². The Morgan fingerprint density at radius 2 is 2.14 bits per heavy atom. The quantitative estimate of drug-likeness (QED) is 0.775. The monoisotopic (exact) mass is 295 g/mol. The third-order valence-electron chi connectivity index (χ3n) is 3.62. The van der Waals surface area contributed by atoms with E-state index < -0.39 is 0 Å². The topological polar surface area (TPSA) is 73.8 Å². The summed E-state index contributed by atoms with van der Waals surface area (Å²) in [4.78, 5) is 13.5. The zero-order chi connectivity index (χ0) is 15.1. The maximum atomic E-state index is 9.06. The van der Waals surface area contributed by atoms with Gasteiger partial charge in [-0.1, -0.05) is 0 Å². The van der Waals surface area contributed by atoms with Crippen molar-refractivity contribution in [3.05, 3.63) is 11.9 Å². The number of hydrogen-bond donors (Lipinski definition) is 2. The molecule has 7 heteroatoms. The highest BCUT2D eigenvalue weighted by Gasteiger charge is 2.17. The number of aromatic nitrogens is 2. The molecule has 0 amide bonds. The van der Waals surface area contributed by atoms with Gasteiger partial charge in [0.25, 0.3) is 0 Å². The Bertz CT molecular complexity index is 443. The highest BCUT2D eigenvalue weighted by molar-refractivity contribution is 5.49. The maximum absolute atomic E-state index is 9.06. The Morgan fingerprint density at radius 1 is 1.29 bits per heavy atom. The van der Waals surface area contributed by atoms with Crippen LogP contribution in [0.1, 0.15) is 12.2 Å². The summed E-state index contributed by atoms with van der Waals surface area (Å²) in [5.41, 5.74) is 0. The molecule has 1 saturated heterocycles. The van der Waals surface area contributed by atoms with Crippen LogP contribution in [0.5, 0.6) is 0 Å². The van der Waals surface area contributed by atoms with Gasteiger partial charge >= 0.3 is 0 Å². The van der Waals surface area contributed by atoms with Crippen molar-refractivity contribution in [2.75, 3.05) is 63.7 Å². The lowest BCUT2D eigenvalue weighted by Gasteiger charge is -2.23. The van der Waals surface area contributed by atoms with E-state index in [4.69, 9.17) is 9.84 Å². The third-order valence-corrected chi connectivity index (χ3v) is 3.62. The number of β-amino-alcohol motifs (C(OH)–C–C–N with tert-alkyl or cyclic N) is 1. The number of nitrogens with one attached hydrogen (secondary N) is 1. The first kappa shape index (κ1) is 15.9. The standard InChI is InChI=1S/C14H25N5O2/c1-15-12-10-14(17-13(16-12)11-21-2)19-5-3-4-18(6-7-19)8-9-20/h10,20H,3-9,11H2,1-2H3,(H,15,16,17). The van der Waals surface area contributed by atoms with Crippen LogP contribution in [0.2, 0.25) is 0 Å². The average Bonchev–Trinajstić information content (AvgIpc) is 2.73. The second-order valence-corrected chi connectivity index (χ2v) is 5.12. The molecule has 1 aliphatic rings. The lowest BCUT2D eigenvalue weighted by molar-refractivity contribution is 0.178. The number of aliphatic hydroxyl groups is 1. The molecule has 0 radical (unpaired) electrons. The zero-order valence-electron chi connectivity index (χ0n) is 12.9. The van der Waals surface area contributed by atoms with E-state index in [-0.39, 0.29) is 6.61 Å². The van der Waals surface area contributed by atoms with Gasteiger partial charge in [-0.05, 0) is 13.0 Å². The average molecular weight is 295 g/mol. The van der Waals surface area contributed by atoms with Crippen molar-refractivity contribution in [2.24, 2.45) is 0 Å². The Hall–Kier alpha value is -1.44. The molecule has 0 atom stereocenters. The number of hydrogen-bond acceptors (Lipinski definition) is 7. The molecular formula is C14H25N5O2. The first-order valence-electron chi connectivity index (χ1n) is 7.39. The largest absolute Gasteiger partial charge is 0.395 e. The molecule has 1 aromatic rings. The second kappa shape index (κ2) is 8.11. The highest BCUT2D eigenvalue weighted by Crippen LogP contribution is 2.18. The minimum Gasteiger partial charge on any atom is -0.395 e. The first-order chi connectivity index (χ1) is 10.3. The fourth-order valence-electron chi connectivity index (χ4n) is 2.53. The summed E-state index contributed by atoms with van der Waals surface area (Å²) in [6.45, 7) is 5.21. The first-order valence-corrected chi connectivity index (χ1v) is 7.39. The van der Waals surface area contributed by atoms with Gasteiger partial charge in [0, 0.05) is 46.4 Å². The summed E-state index contributed by atoms with van der Waals surface area (Å²) in [6.07, 6.45) is 1.07. The number of ether oxygens (including phenoxy) is 1. The van der Waals surface area contributed by atoms with Gasteiger partial charge in [0.2, 0.25) is 0 Å². The minimum absolute atomic E-state index is 0.218. The zero-order valence-corrected chi connectivity index (χ0v) is 12.9. The summed E-state index contributed by atoms with van der Waals surface area (Å²) < 4.78 is 5.14. The molecular weight excluding hydrogens is 270 g/mol. The molecule has 2 rings (SSSR count). The summed E-state index contributed by atoms with van der Waals surface area (Å²) in [7, 11) is 3.50. The van der Waals surface area contributed by atoms with Gasteiger partial charge in [-0.3, -0.25) is 4.90 Å². The van der Waals surface area contributed by atoms with Crippen LogP contribution in [0, 0.1) is 0 Å². The van der Waals surface area contributed by atoms with Crippen LogP contribution >= 0.6 is 0 Å². The molecule has 0 saturated carbocycles. The molecule has 0 bridgehead atoms. The molecule has 0 aromatic carbocycles. The second-order valence-electron chi connectivity index (χ2n) is 5.12. The van der Waals surface area contributed by atoms with Crippen LogP contribution in [0.15, 0.2) is 6.07 Å². The fraction of sp³-hybridized carbons (Fsp3) is 0.714. The predicted molar refractivity (Wildman–Crippen MR) is 82.6 cm³/mol. The van der Waals surface area contributed by atoms with Crippen molar-refractivity contribution >= 4 is 11.6 Å². The lowest BCUT2D eigenvalue weighted by atomic mass is 10.3. The van der Waals surface area contributed by atoms with Crippen molar-refractivity contribution in [1.82, 2.24) is 14.9 Å². The van der Waals surface area contributed by atoms with Crippen LogP contribution in [-0.2, 0) is 11.3 Å². The Morgan fingerprint density at radius 3 is 2.86 bits per heavy atom. The summed E-state index contributed by atoms with van der Waals surface area (Å²) >= 11 is 0. The minimum atomic E-state index is 0.218. The van der Waals surface area contributed by atoms with Gasteiger partial charge in [0.05, 0.1) is 6.61 Å². The Balaban J connectivity index is 2.11. The van der Waals surface area contributed by atoms with Gasteiger partial charge < -0.3 is 20.1 Å². The fourth-order valence-corrected chi connectivity index (χ4v) is 2.53. The number of methoxy groups -OCH3 is 1. The number of nitrogens with zero attached hydrogens (tertiary/aromatic N) is 4. The van der Waals surface area contributed by atoms with E-state index in [0.29, 0.717) is 12.4 Å². The van der Waals surface area contributed by atoms with Gasteiger partial charge in [0.1, 0.15) is 18.2 Å². The summed E-state index contributed by atoms with van der Waals surface area (Å²) in [5, 5.41) is 12.1.